The van der Waals surface area contributed by atoms with E-state index < -0.39 is 0 Å². The molecule has 2 aromatic heterocycles. The lowest BCUT2D eigenvalue weighted by atomic mass is 10.0. The molecule has 0 aromatic carbocycles. The summed E-state index contributed by atoms with van der Waals surface area (Å²) in [6.45, 7) is 4.42. The van der Waals surface area contributed by atoms with Crippen LogP contribution in [-0.2, 0) is 16.1 Å². The zero-order valence-electron chi connectivity index (χ0n) is 11.8. The summed E-state index contributed by atoms with van der Waals surface area (Å²) in [6, 6.07) is 3.55. The van der Waals surface area contributed by atoms with Crippen LogP contribution in [0, 0.1) is 5.92 Å². The Balaban J connectivity index is 2.30. The van der Waals surface area contributed by atoms with Crippen molar-refractivity contribution < 1.29 is 9.53 Å². The topological polar surface area (TPSA) is 77.0 Å². The van der Waals surface area contributed by atoms with Gasteiger partial charge in [0.05, 0.1) is 18.0 Å². The first-order chi connectivity index (χ1) is 9.67. The summed E-state index contributed by atoms with van der Waals surface area (Å²) < 4.78 is 6.58. The first-order valence-corrected chi connectivity index (χ1v) is 6.87. The molecule has 0 bridgehead atoms. The highest BCUT2D eigenvalue weighted by molar-refractivity contribution is 5.73. The highest BCUT2D eigenvalue weighted by atomic mass is 16.5. The number of aromatic nitrogens is 3. The van der Waals surface area contributed by atoms with Crippen LogP contribution >= 0.6 is 0 Å². The van der Waals surface area contributed by atoms with Crippen LogP contribution in [0.1, 0.15) is 26.7 Å². The van der Waals surface area contributed by atoms with E-state index in [9.17, 15) is 9.59 Å². The second-order valence-electron chi connectivity index (χ2n) is 4.65. The third-order valence-corrected chi connectivity index (χ3v) is 3.19. The number of esters is 1. The van der Waals surface area contributed by atoms with Crippen LogP contribution in [-0.4, -0.2) is 27.1 Å². The van der Waals surface area contributed by atoms with Gasteiger partial charge in [-0.05, 0) is 25.5 Å². The molecule has 20 heavy (non-hydrogen) atoms. The fraction of sp³-hybridized carbons (Fsp3) is 0.500. The van der Waals surface area contributed by atoms with Crippen LogP contribution in [0.4, 0.5) is 0 Å². The summed E-state index contributed by atoms with van der Waals surface area (Å²) in [5.41, 5.74) is 1.00. The SMILES string of the molecule is CCCC(Cn1c(=O)[nH]c2cccnc21)C(=O)OCC. The smallest absolute Gasteiger partial charge is 0.327 e. The van der Waals surface area contributed by atoms with Gasteiger partial charge >= 0.3 is 11.7 Å². The van der Waals surface area contributed by atoms with E-state index in [4.69, 9.17) is 4.74 Å². The van der Waals surface area contributed by atoms with Gasteiger partial charge in [0.1, 0.15) is 0 Å². The molecule has 2 heterocycles. The molecular weight excluding hydrogens is 258 g/mol. The summed E-state index contributed by atoms with van der Waals surface area (Å²) in [5, 5.41) is 0. The molecule has 0 amide bonds. The highest BCUT2D eigenvalue weighted by Gasteiger charge is 2.21. The standard InChI is InChI=1S/C14H19N3O3/c1-3-6-10(13(18)20-4-2)9-17-12-11(16-14(17)19)7-5-8-15-12/h5,7-8,10H,3-4,6,9H2,1-2H3,(H,16,19). The Kier molecular flexibility index (Phi) is 4.55. The van der Waals surface area contributed by atoms with Gasteiger partial charge in [-0.3, -0.25) is 9.36 Å². The number of rotatable bonds is 6. The second-order valence-corrected chi connectivity index (χ2v) is 4.65. The van der Waals surface area contributed by atoms with Crippen LogP contribution in [0.3, 0.4) is 0 Å². The molecule has 0 saturated heterocycles. The number of nitrogens with one attached hydrogen (secondary N) is 1. The van der Waals surface area contributed by atoms with Gasteiger partial charge in [-0.15, -0.1) is 0 Å². The number of carbonyl (C=O) groups excluding carboxylic acids is 1. The van der Waals surface area contributed by atoms with Gasteiger partial charge in [-0.25, -0.2) is 9.78 Å². The van der Waals surface area contributed by atoms with Gasteiger partial charge in [-0.1, -0.05) is 13.3 Å². The molecule has 0 aliphatic heterocycles. The van der Waals surface area contributed by atoms with Gasteiger partial charge in [0, 0.05) is 12.7 Å². The van der Waals surface area contributed by atoms with E-state index in [2.05, 4.69) is 9.97 Å². The van der Waals surface area contributed by atoms with E-state index in [0.717, 1.165) is 6.42 Å². The maximum absolute atomic E-state index is 12.0. The van der Waals surface area contributed by atoms with Gasteiger partial charge < -0.3 is 9.72 Å². The van der Waals surface area contributed by atoms with Crippen LogP contribution in [0.2, 0.25) is 0 Å². The van der Waals surface area contributed by atoms with Crippen molar-refractivity contribution in [1.82, 2.24) is 14.5 Å². The fourth-order valence-electron chi connectivity index (χ4n) is 2.27. The monoisotopic (exact) mass is 277 g/mol. The predicted octanol–water partition coefficient (Wildman–Crippen LogP) is 1.70. The number of aromatic amines is 1. The Morgan fingerprint density at radius 2 is 2.30 bits per heavy atom. The molecule has 0 radical (unpaired) electrons. The van der Waals surface area contributed by atoms with E-state index in [1.807, 2.05) is 6.92 Å². The number of fused-ring (bicyclic) bond motifs is 1. The Bertz CT molecular complexity index is 644. The predicted molar refractivity (Wildman–Crippen MR) is 75.4 cm³/mol. The number of hydrogen-bond acceptors (Lipinski definition) is 4. The average molecular weight is 277 g/mol. The molecule has 2 rings (SSSR count). The molecule has 6 heteroatoms. The third kappa shape index (κ3) is 2.89. The zero-order valence-corrected chi connectivity index (χ0v) is 11.8. The average Bonchev–Trinajstić information content (AvgIpc) is 2.75. The highest BCUT2D eigenvalue weighted by Crippen LogP contribution is 2.14. The number of ether oxygens (including phenoxy) is 1. The second kappa shape index (κ2) is 6.36. The Labute approximate surface area is 116 Å². The molecular formula is C14H19N3O3. The molecule has 6 nitrogen and oxygen atoms in total. The van der Waals surface area contributed by atoms with Crippen molar-refractivity contribution in [2.24, 2.45) is 5.92 Å². The molecule has 0 aliphatic carbocycles. The quantitative estimate of drug-likeness (QED) is 0.815. The maximum Gasteiger partial charge on any atom is 0.327 e. The van der Waals surface area contributed by atoms with Crippen molar-refractivity contribution in [3.8, 4) is 0 Å². The molecule has 108 valence electrons. The molecule has 0 aliphatic rings. The zero-order chi connectivity index (χ0) is 14.5. The molecule has 1 unspecified atom stereocenters. The maximum atomic E-state index is 12.0. The minimum absolute atomic E-state index is 0.246. The van der Waals surface area contributed by atoms with Gasteiger partial charge in [-0.2, -0.15) is 0 Å². The Hall–Kier alpha value is -2.11. The lowest BCUT2D eigenvalue weighted by molar-refractivity contribution is -0.148. The molecule has 1 atom stereocenters. The Morgan fingerprint density at radius 3 is 3.00 bits per heavy atom. The van der Waals surface area contributed by atoms with Crippen LogP contribution in [0.5, 0.6) is 0 Å². The number of H-pyrrole nitrogens is 1. The van der Waals surface area contributed by atoms with Crippen molar-refractivity contribution in [1.29, 1.82) is 0 Å². The van der Waals surface area contributed by atoms with Crippen LogP contribution in [0.15, 0.2) is 23.1 Å². The van der Waals surface area contributed by atoms with Gasteiger partial charge in [0.25, 0.3) is 0 Å². The fourth-order valence-corrected chi connectivity index (χ4v) is 2.27. The van der Waals surface area contributed by atoms with Crippen LogP contribution in [0.25, 0.3) is 11.2 Å². The number of nitrogens with zero attached hydrogens (tertiary/aromatic N) is 2. The summed E-state index contributed by atoms with van der Waals surface area (Å²) in [4.78, 5) is 30.9. The lowest BCUT2D eigenvalue weighted by Crippen LogP contribution is -2.28. The molecule has 1 N–H and O–H groups in total. The lowest BCUT2D eigenvalue weighted by Gasteiger charge is -2.15. The van der Waals surface area contributed by atoms with Gasteiger partial charge in [0.2, 0.25) is 0 Å². The molecule has 0 saturated carbocycles. The third-order valence-electron chi connectivity index (χ3n) is 3.19. The number of hydrogen-bond donors (Lipinski definition) is 1. The van der Waals surface area contributed by atoms with Crippen molar-refractivity contribution in [2.45, 2.75) is 33.2 Å². The van der Waals surface area contributed by atoms with Crippen molar-refractivity contribution >= 4 is 17.1 Å². The number of carbonyl (C=O) groups is 1. The first kappa shape index (κ1) is 14.3. The van der Waals surface area contributed by atoms with E-state index >= 15 is 0 Å². The normalized spacial score (nSPS) is 12.5. The Morgan fingerprint density at radius 1 is 1.50 bits per heavy atom. The molecule has 2 aromatic rings. The number of imidazole rings is 1. The van der Waals surface area contributed by atoms with E-state index in [1.54, 1.807) is 25.3 Å². The molecule has 0 spiro atoms. The molecule has 0 fully saturated rings. The summed E-state index contributed by atoms with van der Waals surface area (Å²) in [5.74, 6) is -0.579. The minimum atomic E-state index is -0.321. The number of pyridine rings is 1. The van der Waals surface area contributed by atoms with Crippen molar-refractivity contribution in [3.63, 3.8) is 0 Å². The van der Waals surface area contributed by atoms with E-state index in [0.29, 0.717) is 30.7 Å². The largest absolute Gasteiger partial charge is 0.466 e. The van der Waals surface area contributed by atoms with Crippen molar-refractivity contribution in [3.05, 3.63) is 28.8 Å². The van der Waals surface area contributed by atoms with Crippen LogP contribution < -0.4 is 5.69 Å². The summed E-state index contributed by atoms with van der Waals surface area (Å²) in [7, 11) is 0. The van der Waals surface area contributed by atoms with Crippen molar-refractivity contribution in [2.75, 3.05) is 6.61 Å². The summed E-state index contributed by atoms with van der Waals surface area (Å²) in [6.07, 6.45) is 3.17. The minimum Gasteiger partial charge on any atom is -0.466 e. The van der Waals surface area contributed by atoms with E-state index in [1.165, 1.54) is 4.57 Å². The van der Waals surface area contributed by atoms with Gasteiger partial charge in [0.15, 0.2) is 5.65 Å². The first-order valence-electron chi connectivity index (χ1n) is 6.87. The summed E-state index contributed by atoms with van der Waals surface area (Å²) >= 11 is 0. The van der Waals surface area contributed by atoms with E-state index in [-0.39, 0.29) is 17.6 Å².